The van der Waals surface area contributed by atoms with Crippen molar-refractivity contribution in [3.05, 3.63) is 0 Å². The minimum absolute atomic E-state index is 0.0789. The minimum atomic E-state index is -3.12. The first-order valence-electron chi connectivity index (χ1n) is 7.31. The van der Waals surface area contributed by atoms with E-state index in [1.54, 1.807) is 7.11 Å². The fourth-order valence-corrected chi connectivity index (χ4v) is 4.92. The zero-order chi connectivity index (χ0) is 17.8. The van der Waals surface area contributed by atoms with E-state index in [0.717, 1.165) is 0 Å². The summed E-state index contributed by atoms with van der Waals surface area (Å²) in [6.07, 6.45) is 1.18. The van der Waals surface area contributed by atoms with Gasteiger partial charge in [0.05, 0.1) is 13.4 Å². The Bertz CT molecular complexity index is 247. The molecule has 6 N–H and O–H groups in total. The van der Waals surface area contributed by atoms with Crippen LogP contribution < -0.4 is 0 Å². The van der Waals surface area contributed by atoms with E-state index in [1.165, 1.54) is 0 Å². The molecule has 0 bridgehead atoms. The summed E-state index contributed by atoms with van der Waals surface area (Å²) in [5.41, 5.74) is 0. The highest BCUT2D eigenvalue weighted by atomic mass is 31.2. The highest BCUT2D eigenvalue weighted by molar-refractivity contribution is 7.75. The van der Waals surface area contributed by atoms with Gasteiger partial charge in [0.25, 0.3) is 0 Å². The van der Waals surface area contributed by atoms with Gasteiger partial charge in [0.1, 0.15) is 6.16 Å². The number of hydrogen-bond acceptors (Lipinski definition) is 9. The van der Waals surface area contributed by atoms with Crippen molar-refractivity contribution in [1.29, 1.82) is 0 Å². The standard InChI is InChI=1S/C12H28O9P2/c1-19-5-2-12(3-6-22(8-13,9-14)10-15)4-7-23(11-16,20-17)21-18/h12-16H,2-11H2,1H3/p+2. The van der Waals surface area contributed by atoms with Crippen LogP contribution >= 0.6 is 15.0 Å². The average Bonchev–Trinajstić information content (AvgIpc) is 2.61. The Kier molecular flexibility index (Phi) is 13.1. The second-order valence-corrected chi connectivity index (χ2v) is 12.2. The molecule has 0 aromatic heterocycles. The Morgan fingerprint density at radius 3 is 1.70 bits per heavy atom. The Morgan fingerprint density at radius 1 is 0.783 bits per heavy atom. The number of methoxy groups -OCH3 is 1. The summed E-state index contributed by atoms with van der Waals surface area (Å²) in [6, 6.07) is 0. The summed E-state index contributed by atoms with van der Waals surface area (Å²) >= 11 is 0. The van der Waals surface area contributed by atoms with E-state index < -0.39 is 21.3 Å². The summed E-state index contributed by atoms with van der Waals surface area (Å²) in [4.78, 5) is 0. The highest BCUT2D eigenvalue weighted by Crippen LogP contribution is 2.60. The zero-order valence-electron chi connectivity index (χ0n) is 13.5. The van der Waals surface area contributed by atoms with E-state index in [2.05, 4.69) is 9.35 Å². The van der Waals surface area contributed by atoms with Crippen LogP contribution in [0.5, 0.6) is 0 Å². The quantitative estimate of drug-likeness (QED) is 0.139. The maximum Gasteiger partial charge on any atom is 0.381 e. The fourth-order valence-electron chi connectivity index (χ4n) is 2.12. The molecule has 0 saturated carbocycles. The predicted octanol–water partition coefficient (Wildman–Crippen LogP) is 1.06. The normalized spacial score (nSPS) is 14.2. The average molecular weight is 380 g/mol. The largest absolute Gasteiger partial charge is 0.385 e. The lowest BCUT2D eigenvalue weighted by Gasteiger charge is -2.24. The molecule has 9 nitrogen and oxygen atoms in total. The van der Waals surface area contributed by atoms with Crippen LogP contribution in [0.25, 0.3) is 0 Å². The van der Waals surface area contributed by atoms with E-state index in [9.17, 15) is 20.4 Å². The lowest BCUT2D eigenvalue weighted by molar-refractivity contribution is -0.206. The van der Waals surface area contributed by atoms with Gasteiger partial charge in [0.2, 0.25) is 6.35 Å². The number of aliphatic hydroxyl groups excluding tert-OH is 4. The molecule has 1 unspecified atom stereocenters. The number of rotatable bonds is 15. The minimum Gasteiger partial charge on any atom is -0.385 e. The summed E-state index contributed by atoms with van der Waals surface area (Å²) in [5.74, 6) is 0.0789. The maximum absolute atomic E-state index is 9.41. The van der Waals surface area contributed by atoms with Gasteiger partial charge in [-0.2, -0.15) is 0 Å². The molecule has 0 aromatic carbocycles. The fraction of sp³-hybridized carbons (Fsp3) is 1.00. The van der Waals surface area contributed by atoms with Crippen LogP contribution in [-0.4, -0.2) is 82.4 Å². The van der Waals surface area contributed by atoms with Gasteiger partial charge in [0.15, 0.2) is 19.0 Å². The molecule has 0 heterocycles. The van der Waals surface area contributed by atoms with Crippen LogP contribution in [0.4, 0.5) is 0 Å². The smallest absolute Gasteiger partial charge is 0.381 e. The lowest BCUT2D eigenvalue weighted by Crippen LogP contribution is -2.17. The third kappa shape index (κ3) is 7.94. The van der Waals surface area contributed by atoms with Gasteiger partial charge >= 0.3 is 7.72 Å². The van der Waals surface area contributed by atoms with Crippen molar-refractivity contribution in [3.8, 4) is 0 Å². The first-order valence-corrected chi connectivity index (χ1v) is 11.8. The van der Waals surface area contributed by atoms with Crippen molar-refractivity contribution in [2.24, 2.45) is 5.92 Å². The van der Waals surface area contributed by atoms with E-state index in [4.69, 9.17) is 15.3 Å². The predicted molar refractivity (Wildman–Crippen MR) is 88.6 cm³/mol. The maximum atomic E-state index is 9.41. The molecule has 23 heavy (non-hydrogen) atoms. The Morgan fingerprint density at radius 2 is 1.30 bits per heavy atom. The molecule has 0 spiro atoms. The summed E-state index contributed by atoms with van der Waals surface area (Å²) in [5, 5.41) is 55.1. The van der Waals surface area contributed by atoms with Crippen molar-refractivity contribution in [3.63, 3.8) is 0 Å². The molecule has 0 fully saturated rings. The van der Waals surface area contributed by atoms with Crippen LogP contribution in [0.15, 0.2) is 0 Å². The van der Waals surface area contributed by atoms with Crippen LogP contribution in [0.3, 0.4) is 0 Å². The highest BCUT2D eigenvalue weighted by Gasteiger charge is 2.45. The Balaban J connectivity index is 4.68. The van der Waals surface area contributed by atoms with E-state index in [-0.39, 0.29) is 31.1 Å². The number of hydrogen-bond donors (Lipinski definition) is 6. The first kappa shape index (κ1) is 23.5. The van der Waals surface area contributed by atoms with Crippen molar-refractivity contribution < 1.29 is 45.0 Å². The molecular weight excluding hydrogens is 350 g/mol. The molecule has 0 amide bonds. The van der Waals surface area contributed by atoms with Gasteiger partial charge in [0, 0.05) is 13.7 Å². The van der Waals surface area contributed by atoms with Crippen LogP contribution in [0, 0.1) is 5.92 Å². The van der Waals surface area contributed by atoms with Crippen LogP contribution in [0.1, 0.15) is 19.3 Å². The van der Waals surface area contributed by atoms with Gasteiger partial charge in [-0.25, -0.2) is 10.5 Å². The van der Waals surface area contributed by atoms with Gasteiger partial charge in [-0.1, -0.05) is 0 Å². The van der Waals surface area contributed by atoms with Crippen molar-refractivity contribution >= 4 is 15.0 Å². The molecule has 0 rings (SSSR count). The molecule has 0 aliphatic carbocycles. The Hall–Kier alpha value is 0.500. The third-order valence-electron chi connectivity index (χ3n) is 4.03. The van der Waals surface area contributed by atoms with Crippen LogP contribution in [0.2, 0.25) is 0 Å². The van der Waals surface area contributed by atoms with E-state index >= 15 is 0 Å². The van der Waals surface area contributed by atoms with Gasteiger partial charge in [-0.05, 0) is 34.5 Å². The molecule has 0 radical (unpaired) electrons. The van der Waals surface area contributed by atoms with Crippen molar-refractivity contribution in [1.82, 2.24) is 0 Å². The SMILES string of the molecule is COCCC(CC[P+](CO)(CO)CO)CC[P+](CO)(OO)OO. The number of ether oxygens (including phenoxy) is 1. The summed E-state index contributed by atoms with van der Waals surface area (Å²) < 4.78 is 13.3. The topological polar surface area (TPSA) is 149 Å². The molecular formula is C12H30O9P2+2. The monoisotopic (exact) mass is 380 g/mol. The van der Waals surface area contributed by atoms with Gasteiger partial charge < -0.3 is 25.2 Å². The molecule has 0 aliphatic rings. The second-order valence-electron chi connectivity index (χ2n) is 5.56. The Labute approximate surface area is 137 Å². The van der Waals surface area contributed by atoms with Crippen molar-refractivity contribution in [2.75, 3.05) is 51.4 Å². The number of aliphatic hydroxyl groups is 4. The van der Waals surface area contributed by atoms with Gasteiger partial charge in [-0.15, -0.1) is 0 Å². The molecule has 140 valence electrons. The zero-order valence-corrected chi connectivity index (χ0v) is 15.2. The summed E-state index contributed by atoms with van der Waals surface area (Å²) in [7, 11) is -3.74. The third-order valence-corrected chi connectivity index (χ3v) is 9.01. The summed E-state index contributed by atoms with van der Waals surface area (Å²) in [6.45, 7) is 0.498. The second kappa shape index (κ2) is 12.8. The van der Waals surface area contributed by atoms with Gasteiger partial charge in [-0.3, -0.25) is 0 Å². The molecule has 0 aliphatic heterocycles. The molecule has 0 aromatic rings. The molecule has 0 saturated heterocycles. The van der Waals surface area contributed by atoms with E-state index in [0.29, 0.717) is 32.0 Å². The molecule has 1 atom stereocenters. The van der Waals surface area contributed by atoms with E-state index in [1.807, 2.05) is 0 Å². The lowest BCUT2D eigenvalue weighted by atomic mass is 10.00. The molecule has 11 heteroatoms. The van der Waals surface area contributed by atoms with Crippen molar-refractivity contribution in [2.45, 2.75) is 19.3 Å². The first-order chi connectivity index (χ1) is 11.0. The van der Waals surface area contributed by atoms with Crippen LogP contribution in [-0.2, 0) is 14.1 Å².